The summed E-state index contributed by atoms with van der Waals surface area (Å²) >= 11 is 5.86. The summed E-state index contributed by atoms with van der Waals surface area (Å²) in [5, 5.41) is 14.3. The average molecular weight is 421 g/mol. The number of anilines is 1. The van der Waals surface area contributed by atoms with Gasteiger partial charge < -0.3 is 25.1 Å². The SMILES string of the molecule is C[C@]1(CN2CCN(C(=O)Nc3ccc(Cl)cc3)CC2)Cn2cc([N+](=O)[O-])nc2O1. The summed E-state index contributed by atoms with van der Waals surface area (Å²) in [5.74, 6) is -0.206. The van der Waals surface area contributed by atoms with Gasteiger partial charge in [0.05, 0.1) is 6.54 Å². The number of halogens is 1. The van der Waals surface area contributed by atoms with Crippen molar-refractivity contribution in [3.63, 3.8) is 0 Å². The van der Waals surface area contributed by atoms with Crippen molar-refractivity contribution in [2.24, 2.45) is 0 Å². The number of hydrogen-bond acceptors (Lipinski definition) is 6. The topological polar surface area (TPSA) is 106 Å². The molecule has 1 N–H and O–H groups in total. The van der Waals surface area contributed by atoms with E-state index < -0.39 is 10.5 Å². The van der Waals surface area contributed by atoms with Gasteiger partial charge in [-0.15, -0.1) is 0 Å². The van der Waals surface area contributed by atoms with Crippen molar-refractivity contribution in [2.75, 3.05) is 38.0 Å². The molecule has 1 atom stereocenters. The summed E-state index contributed by atoms with van der Waals surface area (Å²) in [6.45, 7) is 5.76. The van der Waals surface area contributed by atoms with Crippen molar-refractivity contribution in [3.8, 4) is 6.01 Å². The number of ether oxygens (including phenoxy) is 1. The molecule has 2 aliphatic heterocycles. The van der Waals surface area contributed by atoms with Crippen LogP contribution in [0.4, 0.5) is 16.3 Å². The highest BCUT2D eigenvalue weighted by atomic mass is 35.5. The highest BCUT2D eigenvalue weighted by Crippen LogP contribution is 2.31. The summed E-state index contributed by atoms with van der Waals surface area (Å²) < 4.78 is 7.57. The number of imidazole rings is 1. The van der Waals surface area contributed by atoms with Gasteiger partial charge in [0.1, 0.15) is 11.8 Å². The molecule has 1 aromatic carbocycles. The second-order valence-electron chi connectivity index (χ2n) is 7.52. The number of rotatable bonds is 4. The Labute approximate surface area is 172 Å². The van der Waals surface area contributed by atoms with Crippen LogP contribution >= 0.6 is 11.6 Å². The van der Waals surface area contributed by atoms with Crippen LogP contribution in [0.1, 0.15) is 6.92 Å². The van der Waals surface area contributed by atoms with Crippen molar-refractivity contribution in [1.29, 1.82) is 0 Å². The summed E-state index contributed by atoms with van der Waals surface area (Å²) in [7, 11) is 0. The lowest BCUT2D eigenvalue weighted by Crippen LogP contribution is -2.54. The first-order valence-electron chi connectivity index (χ1n) is 9.26. The van der Waals surface area contributed by atoms with Gasteiger partial charge in [0.15, 0.2) is 0 Å². The van der Waals surface area contributed by atoms with Crippen molar-refractivity contribution in [1.82, 2.24) is 19.4 Å². The Morgan fingerprint density at radius 3 is 2.62 bits per heavy atom. The monoisotopic (exact) mass is 420 g/mol. The Morgan fingerprint density at radius 2 is 2.00 bits per heavy atom. The molecule has 1 saturated heterocycles. The third-order valence-corrected chi connectivity index (χ3v) is 5.32. The second kappa shape index (κ2) is 7.53. The second-order valence-corrected chi connectivity index (χ2v) is 7.96. The highest BCUT2D eigenvalue weighted by molar-refractivity contribution is 6.30. The van der Waals surface area contributed by atoms with E-state index in [1.807, 2.05) is 6.92 Å². The van der Waals surface area contributed by atoms with Crippen LogP contribution in [-0.2, 0) is 6.54 Å². The molecule has 0 saturated carbocycles. The molecule has 29 heavy (non-hydrogen) atoms. The Morgan fingerprint density at radius 1 is 1.31 bits per heavy atom. The molecule has 0 radical (unpaired) electrons. The number of urea groups is 1. The first kappa shape index (κ1) is 19.5. The number of carbonyl (C=O) groups is 1. The molecule has 2 aromatic rings. The van der Waals surface area contributed by atoms with E-state index in [4.69, 9.17) is 16.3 Å². The standard InChI is InChI=1S/C18H21ClN6O4/c1-18(12-24-10-15(25(27)28)21-17(24)29-18)11-22-6-8-23(9-7-22)16(26)20-14-4-2-13(19)3-5-14/h2-5,10H,6-9,11-12H2,1H3,(H,20,26)/t18-/m0/s1. The Kier molecular flexibility index (Phi) is 5.05. The van der Waals surface area contributed by atoms with E-state index in [1.165, 1.54) is 6.20 Å². The average Bonchev–Trinajstić information content (AvgIpc) is 3.19. The number of carbonyl (C=O) groups excluding carboxylic acids is 1. The lowest BCUT2D eigenvalue weighted by molar-refractivity contribution is -0.389. The van der Waals surface area contributed by atoms with Crippen LogP contribution in [0.3, 0.4) is 0 Å². The number of benzene rings is 1. The number of nitrogens with one attached hydrogen (secondary N) is 1. The van der Waals surface area contributed by atoms with Gasteiger partial charge in [0.25, 0.3) is 0 Å². The predicted molar refractivity (Wildman–Crippen MR) is 106 cm³/mol. The minimum absolute atomic E-state index is 0.136. The summed E-state index contributed by atoms with van der Waals surface area (Å²) in [4.78, 5) is 30.7. The zero-order chi connectivity index (χ0) is 20.6. The van der Waals surface area contributed by atoms with Gasteiger partial charge in [-0.05, 0) is 36.1 Å². The number of fused-ring (bicyclic) bond motifs is 1. The van der Waals surface area contributed by atoms with Gasteiger partial charge in [0, 0.05) is 48.4 Å². The maximum Gasteiger partial charge on any atom is 0.415 e. The Balaban J connectivity index is 1.27. The highest BCUT2D eigenvalue weighted by Gasteiger charge is 2.42. The zero-order valence-corrected chi connectivity index (χ0v) is 16.6. The first-order chi connectivity index (χ1) is 13.8. The fourth-order valence-electron chi connectivity index (χ4n) is 3.68. The fraction of sp³-hybridized carbons (Fsp3) is 0.444. The maximum atomic E-state index is 12.4. The molecule has 3 heterocycles. The smallest absolute Gasteiger partial charge is 0.415 e. The Bertz CT molecular complexity index is 899. The molecule has 2 amide bonds. The number of aromatic nitrogens is 2. The van der Waals surface area contributed by atoms with E-state index in [0.29, 0.717) is 36.9 Å². The normalized spacial score (nSPS) is 21.5. The van der Waals surface area contributed by atoms with E-state index in [9.17, 15) is 14.9 Å². The lowest BCUT2D eigenvalue weighted by atomic mass is 10.1. The largest absolute Gasteiger partial charge is 0.436 e. The van der Waals surface area contributed by atoms with Gasteiger partial charge in [0.2, 0.25) is 0 Å². The van der Waals surface area contributed by atoms with E-state index in [1.54, 1.807) is 33.7 Å². The van der Waals surface area contributed by atoms with Gasteiger partial charge in [-0.1, -0.05) is 11.6 Å². The van der Waals surface area contributed by atoms with Crippen molar-refractivity contribution < 1.29 is 14.5 Å². The van der Waals surface area contributed by atoms with E-state index in [2.05, 4.69) is 15.2 Å². The molecule has 4 rings (SSSR count). The van der Waals surface area contributed by atoms with Gasteiger partial charge in [-0.3, -0.25) is 9.47 Å². The molecule has 154 valence electrons. The predicted octanol–water partition coefficient (Wildman–Crippen LogP) is 2.45. The quantitative estimate of drug-likeness (QED) is 0.601. The van der Waals surface area contributed by atoms with Gasteiger partial charge in [-0.2, -0.15) is 0 Å². The zero-order valence-electron chi connectivity index (χ0n) is 15.9. The number of piperazine rings is 1. The fourth-order valence-corrected chi connectivity index (χ4v) is 3.81. The van der Waals surface area contributed by atoms with Crippen molar-refractivity contribution in [2.45, 2.75) is 19.1 Å². The molecular formula is C18H21ClN6O4. The van der Waals surface area contributed by atoms with Crippen molar-refractivity contribution in [3.05, 3.63) is 45.6 Å². The van der Waals surface area contributed by atoms with Crippen LogP contribution in [0, 0.1) is 10.1 Å². The summed E-state index contributed by atoms with van der Waals surface area (Å²) in [5.41, 5.74) is 0.197. The van der Waals surface area contributed by atoms with E-state index in [0.717, 1.165) is 13.1 Å². The van der Waals surface area contributed by atoms with Crippen LogP contribution in [-0.4, -0.2) is 68.6 Å². The van der Waals surface area contributed by atoms with Crippen LogP contribution in [0.2, 0.25) is 5.02 Å². The van der Waals surface area contributed by atoms with Crippen LogP contribution in [0.15, 0.2) is 30.5 Å². The molecule has 0 spiro atoms. The molecular weight excluding hydrogens is 400 g/mol. The molecule has 0 aliphatic carbocycles. The molecule has 0 unspecified atom stereocenters. The summed E-state index contributed by atoms with van der Waals surface area (Å²) in [6.07, 6.45) is 1.40. The van der Waals surface area contributed by atoms with Gasteiger partial charge in [-0.25, -0.2) is 4.79 Å². The van der Waals surface area contributed by atoms with Crippen LogP contribution in [0.5, 0.6) is 6.01 Å². The molecule has 10 nitrogen and oxygen atoms in total. The lowest BCUT2D eigenvalue weighted by Gasteiger charge is -2.37. The molecule has 0 bridgehead atoms. The summed E-state index contributed by atoms with van der Waals surface area (Å²) in [6, 6.07) is 7.14. The Hall–Kier alpha value is -2.85. The van der Waals surface area contributed by atoms with E-state index in [-0.39, 0.29) is 17.9 Å². The van der Waals surface area contributed by atoms with E-state index >= 15 is 0 Å². The minimum Gasteiger partial charge on any atom is -0.436 e. The molecule has 11 heteroatoms. The molecule has 1 fully saturated rings. The van der Waals surface area contributed by atoms with Crippen LogP contribution in [0.25, 0.3) is 0 Å². The maximum absolute atomic E-state index is 12.4. The molecule has 1 aromatic heterocycles. The van der Waals surface area contributed by atoms with Gasteiger partial charge >= 0.3 is 17.9 Å². The number of amides is 2. The third kappa shape index (κ3) is 4.28. The number of nitro groups is 1. The first-order valence-corrected chi connectivity index (χ1v) is 9.64. The number of hydrogen-bond donors (Lipinski definition) is 1. The molecule has 2 aliphatic rings. The van der Waals surface area contributed by atoms with Crippen LogP contribution < -0.4 is 10.1 Å². The number of nitrogens with zero attached hydrogens (tertiary/aromatic N) is 5. The van der Waals surface area contributed by atoms with Crippen molar-refractivity contribution >= 4 is 29.1 Å². The minimum atomic E-state index is -0.527. The third-order valence-electron chi connectivity index (χ3n) is 5.07.